The summed E-state index contributed by atoms with van der Waals surface area (Å²) in [6, 6.07) is 0.455. The SMILES string of the molecule is CC1CN(C)CCC1NCCS(=O)(=O)C(C)(C)C. The van der Waals surface area contributed by atoms with Crippen LogP contribution in [-0.2, 0) is 9.84 Å². The van der Waals surface area contributed by atoms with Crippen molar-refractivity contribution in [2.24, 2.45) is 5.92 Å². The van der Waals surface area contributed by atoms with E-state index in [0.29, 0.717) is 18.5 Å². The Bertz CT molecular complexity index is 360. The maximum absolute atomic E-state index is 12.0. The molecular weight excluding hydrogens is 248 g/mol. The minimum absolute atomic E-state index is 0.232. The predicted molar refractivity (Wildman–Crippen MR) is 76.6 cm³/mol. The van der Waals surface area contributed by atoms with E-state index in [2.05, 4.69) is 24.2 Å². The van der Waals surface area contributed by atoms with E-state index in [9.17, 15) is 8.42 Å². The van der Waals surface area contributed by atoms with E-state index in [1.807, 2.05) is 0 Å². The van der Waals surface area contributed by atoms with Gasteiger partial charge in [-0.2, -0.15) is 0 Å². The molecule has 0 aromatic heterocycles. The van der Waals surface area contributed by atoms with Crippen molar-refractivity contribution in [3.63, 3.8) is 0 Å². The molecule has 18 heavy (non-hydrogen) atoms. The highest BCUT2D eigenvalue weighted by Gasteiger charge is 2.29. The van der Waals surface area contributed by atoms with Crippen molar-refractivity contribution in [2.45, 2.75) is 44.9 Å². The third kappa shape index (κ3) is 4.21. The first kappa shape index (κ1) is 15.9. The molecule has 1 rings (SSSR count). The Morgan fingerprint density at radius 1 is 1.33 bits per heavy atom. The highest BCUT2D eigenvalue weighted by Crippen LogP contribution is 2.17. The van der Waals surface area contributed by atoms with Crippen LogP contribution < -0.4 is 5.32 Å². The molecule has 5 heteroatoms. The molecule has 0 radical (unpaired) electrons. The van der Waals surface area contributed by atoms with Gasteiger partial charge in [-0.15, -0.1) is 0 Å². The number of sulfone groups is 1. The van der Waals surface area contributed by atoms with Crippen LogP contribution in [0, 0.1) is 5.92 Å². The van der Waals surface area contributed by atoms with Gasteiger partial charge in [0.05, 0.1) is 10.5 Å². The molecule has 4 nitrogen and oxygen atoms in total. The first-order valence-corrected chi connectivity index (χ1v) is 8.43. The molecule has 0 aromatic carbocycles. The Morgan fingerprint density at radius 2 is 1.94 bits per heavy atom. The Morgan fingerprint density at radius 3 is 2.44 bits per heavy atom. The minimum Gasteiger partial charge on any atom is -0.313 e. The van der Waals surface area contributed by atoms with Crippen molar-refractivity contribution in [1.82, 2.24) is 10.2 Å². The third-order valence-electron chi connectivity index (χ3n) is 3.82. The fourth-order valence-electron chi connectivity index (χ4n) is 2.34. The normalized spacial score (nSPS) is 27.4. The summed E-state index contributed by atoms with van der Waals surface area (Å²) in [5, 5.41) is 3.41. The molecule has 1 saturated heterocycles. The standard InChI is InChI=1S/C13H28N2O2S/c1-11-10-15(5)8-6-12(11)14-7-9-18(16,17)13(2,3)4/h11-12,14H,6-10H2,1-5H3. The molecule has 1 fully saturated rings. The van der Waals surface area contributed by atoms with Crippen LogP contribution in [0.5, 0.6) is 0 Å². The quantitative estimate of drug-likeness (QED) is 0.836. The second-order valence-electron chi connectivity index (χ2n) is 6.52. The second-order valence-corrected chi connectivity index (χ2v) is 9.38. The molecule has 108 valence electrons. The zero-order valence-corrected chi connectivity index (χ0v) is 13.2. The third-order valence-corrected chi connectivity index (χ3v) is 6.43. The molecular formula is C13H28N2O2S. The van der Waals surface area contributed by atoms with Gasteiger partial charge in [0.2, 0.25) is 0 Å². The average Bonchev–Trinajstić information content (AvgIpc) is 2.19. The van der Waals surface area contributed by atoms with E-state index in [-0.39, 0.29) is 5.75 Å². The molecule has 0 aliphatic carbocycles. The van der Waals surface area contributed by atoms with Gasteiger partial charge in [-0.25, -0.2) is 8.42 Å². The number of likely N-dealkylation sites (tertiary alicyclic amines) is 1. The summed E-state index contributed by atoms with van der Waals surface area (Å²) in [7, 11) is -0.864. The van der Waals surface area contributed by atoms with Crippen LogP contribution in [0.25, 0.3) is 0 Å². The maximum Gasteiger partial charge on any atom is 0.156 e. The number of rotatable bonds is 4. The first-order valence-electron chi connectivity index (χ1n) is 6.78. The zero-order valence-electron chi connectivity index (χ0n) is 12.4. The van der Waals surface area contributed by atoms with Crippen molar-refractivity contribution >= 4 is 9.84 Å². The lowest BCUT2D eigenvalue weighted by Crippen LogP contribution is -2.48. The number of nitrogens with zero attached hydrogens (tertiary/aromatic N) is 1. The van der Waals surface area contributed by atoms with Crippen LogP contribution in [0.15, 0.2) is 0 Å². The smallest absolute Gasteiger partial charge is 0.156 e. The van der Waals surface area contributed by atoms with E-state index < -0.39 is 14.6 Å². The Labute approximate surface area is 112 Å². The van der Waals surface area contributed by atoms with Gasteiger partial charge < -0.3 is 10.2 Å². The number of nitrogens with one attached hydrogen (secondary N) is 1. The van der Waals surface area contributed by atoms with Gasteiger partial charge in [0.25, 0.3) is 0 Å². The zero-order chi connectivity index (χ0) is 14.0. The lowest BCUT2D eigenvalue weighted by molar-refractivity contribution is 0.177. The van der Waals surface area contributed by atoms with Gasteiger partial charge in [-0.1, -0.05) is 6.92 Å². The fourth-order valence-corrected chi connectivity index (χ4v) is 3.34. The molecule has 1 N–H and O–H groups in total. The van der Waals surface area contributed by atoms with E-state index in [1.165, 1.54) is 0 Å². The maximum atomic E-state index is 12.0. The summed E-state index contributed by atoms with van der Waals surface area (Å²) < 4.78 is 23.3. The van der Waals surface area contributed by atoms with Gasteiger partial charge >= 0.3 is 0 Å². The number of hydrogen-bond acceptors (Lipinski definition) is 4. The van der Waals surface area contributed by atoms with Crippen LogP contribution in [0.1, 0.15) is 34.1 Å². The van der Waals surface area contributed by atoms with Crippen LogP contribution in [0.3, 0.4) is 0 Å². The molecule has 0 spiro atoms. The molecule has 0 aromatic rings. The monoisotopic (exact) mass is 276 g/mol. The Balaban J connectivity index is 2.39. The summed E-state index contributed by atoms with van der Waals surface area (Å²) in [6.45, 7) is 10.3. The van der Waals surface area contributed by atoms with Crippen molar-refractivity contribution in [2.75, 3.05) is 32.4 Å². The molecule has 1 aliphatic rings. The summed E-state index contributed by atoms with van der Waals surface area (Å²) in [5.74, 6) is 0.816. The van der Waals surface area contributed by atoms with Crippen LogP contribution in [0.2, 0.25) is 0 Å². The van der Waals surface area contributed by atoms with E-state index in [1.54, 1.807) is 20.8 Å². The van der Waals surface area contributed by atoms with E-state index >= 15 is 0 Å². The minimum atomic E-state index is -3.00. The first-order chi connectivity index (χ1) is 8.13. The van der Waals surface area contributed by atoms with Gasteiger partial charge in [0.15, 0.2) is 9.84 Å². The molecule has 2 atom stereocenters. The number of piperidine rings is 1. The van der Waals surface area contributed by atoms with Crippen molar-refractivity contribution in [1.29, 1.82) is 0 Å². The molecule has 1 aliphatic heterocycles. The summed E-state index contributed by atoms with van der Waals surface area (Å²) in [6.07, 6.45) is 1.10. The van der Waals surface area contributed by atoms with Crippen LogP contribution in [-0.4, -0.2) is 56.5 Å². The summed E-state index contributed by atoms with van der Waals surface area (Å²) in [5.41, 5.74) is 0. The molecule has 0 saturated carbocycles. The number of hydrogen-bond donors (Lipinski definition) is 1. The van der Waals surface area contributed by atoms with Gasteiger partial charge in [-0.3, -0.25) is 0 Å². The summed E-state index contributed by atoms with van der Waals surface area (Å²) in [4.78, 5) is 2.33. The van der Waals surface area contributed by atoms with Crippen LogP contribution in [0.4, 0.5) is 0 Å². The molecule has 0 bridgehead atoms. The van der Waals surface area contributed by atoms with Gasteiger partial charge in [0.1, 0.15) is 0 Å². The van der Waals surface area contributed by atoms with E-state index in [4.69, 9.17) is 0 Å². The highest BCUT2D eigenvalue weighted by molar-refractivity contribution is 7.92. The fraction of sp³-hybridized carbons (Fsp3) is 1.00. The molecule has 1 heterocycles. The highest BCUT2D eigenvalue weighted by atomic mass is 32.2. The second kappa shape index (κ2) is 5.88. The van der Waals surface area contributed by atoms with E-state index in [0.717, 1.165) is 19.5 Å². The molecule has 0 amide bonds. The molecule has 2 unspecified atom stereocenters. The predicted octanol–water partition coefficient (Wildman–Crippen LogP) is 1.13. The largest absolute Gasteiger partial charge is 0.313 e. The van der Waals surface area contributed by atoms with Gasteiger partial charge in [0, 0.05) is 19.1 Å². The topological polar surface area (TPSA) is 49.4 Å². The van der Waals surface area contributed by atoms with Crippen LogP contribution >= 0.6 is 0 Å². The Hall–Kier alpha value is -0.130. The average molecular weight is 276 g/mol. The van der Waals surface area contributed by atoms with Crippen molar-refractivity contribution in [3.05, 3.63) is 0 Å². The Kier molecular flexibility index (Phi) is 5.21. The lowest BCUT2D eigenvalue weighted by Gasteiger charge is -2.35. The summed E-state index contributed by atoms with van der Waals surface area (Å²) >= 11 is 0. The van der Waals surface area contributed by atoms with Crippen molar-refractivity contribution in [3.8, 4) is 0 Å². The lowest BCUT2D eigenvalue weighted by atomic mass is 9.94. The van der Waals surface area contributed by atoms with Gasteiger partial charge in [-0.05, 0) is 46.7 Å². The van der Waals surface area contributed by atoms with Crippen molar-refractivity contribution < 1.29 is 8.42 Å².